The number of hydrogen-bond acceptors (Lipinski definition) is 5. The lowest BCUT2D eigenvalue weighted by Crippen LogP contribution is -2.32. The summed E-state index contributed by atoms with van der Waals surface area (Å²) in [5.41, 5.74) is -0.0626. The highest BCUT2D eigenvalue weighted by atomic mass is 16.5. The second kappa shape index (κ2) is 7.59. The molecule has 1 aromatic rings. The predicted octanol–water partition coefficient (Wildman–Crippen LogP) is 3.23. The summed E-state index contributed by atoms with van der Waals surface area (Å²) < 4.78 is 5.81. The van der Waals surface area contributed by atoms with Crippen molar-refractivity contribution in [2.24, 2.45) is 0 Å². The van der Waals surface area contributed by atoms with E-state index in [9.17, 15) is 0 Å². The lowest BCUT2D eigenvalue weighted by Gasteiger charge is -2.24. The van der Waals surface area contributed by atoms with E-state index in [-0.39, 0.29) is 5.60 Å². The number of rotatable bonds is 8. The van der Waals surface area contributed by atoms with Gasteiger partial charge in [-0.1, -0.05) is 13.8 Å². The maximum absolute atomic E-state index is 5.81. The molecule has 1 aliphatic rings. The van der Waals surface area contributed by atoms with E-state index in [4.69, 9.17) is 4.74 Å². The Morgan fingerprint density at radius 1 is 1.19 bits per heavy atom. The third-order valence-electron chi connectivity index (χ3n) is 3.75. The summed E-state index contributed by atoms with van der Waals surface area (Å²) in [5.74, 6) is 2.71. The van der Waals surface area contributed by atoms with Crippen LogP contribution in [0.1, 0.15) is 52.3 Å². The average Bonchev–Trinajstić information content (AvgIpc) is 2.91. The number of anilines is 2. The Balaban J connectivity index is 2.03. The fraction of sp³-hybridized carbons (Fsp3) is 0.750. The van der Waals surface area contributed by atoms with Crippen LogP contribution in [0.15, 0.2) is 6.07 Å². The van der Waals surface area contributed by atoms with Gasteiger partial charge in [-0.2, -0.15) is 0 Å². The zero-order valence-corrected chi connectivity index (χ0v) is 13.5. The Morgan fingerprint density at radius 2 is 1.95 bits per heavy atom. The molecule has 118 valence electrons. The largest absolute Gasteiger partial charge is 0.373 e. The monoisotopic (exact) mass is 292 g/mol. The summed E-state index contributed by atoms with van der Waals surface area (Å²) in [6, 6.07) is 1.99. The molecular formula is C16H28N4O. The van der Waals surface area contributed by atoms with Gasteiger partial charge < -0.3 is 15.4 Å². The van der Waals surface area contributed by atoms with Gasteiger partial charge in [0.2, 0.25) is 0 Å². The van der Waals surface area contributed by atoms with E-state index in [1.807, 2.05) is 6.07 Å². The third-order valence-corrected chi connectivity index (χ3v) is 3.75. The van der Waals surface area contributed by atoms with E-state index in [0.29, 0.717) is 0 Å². The zero-order valence-electron chi connectivity index (χ0n) is 13.5. The smallest absolute Gasteiger partial charge is 0.133 e. The molecule has 1 fully saturated rings. The molecule has 1 saturated heterocycles. The van der Waals surface area contributed by atoms with Crippen LogP contribution in [-0.2, 0) is 11.2 Å². The Hall–Kier alpha value is -1.36. The standard InChI is InChI=1S/C16H28N4O/c1-4-7-13-19-14(17-9-5-2)11-15(20-13)18-12-16(3)8-6-10-21-16/h11H,4-10,12H2,1-3H3,(H2,17,18,19,20). The van der Waals surface area contributed by atoms with Crippen LogP contribution in [-0.4, -0.2) is 35.3 Å². The molecule has 2 heterocycles. The highest BCUT2D eigenvalue weighted by molar-refractivity contribution is 5.47. The van der Waals surface area contributed by atoms with Gasteiger partial charge in [0.25, 0.3) is 0 Å². The van der Waals surface area contributed by atoms with Gasteiger partial charge in [0.15, 0.2) is 0 Å². The average molecular weight is 292 g/mol. The van der Waals surface area contributed by atoms with Crippen LogP contribution < -0.4 is 10.6 Å². The summed E-state index contributed by atoms with van der Waals surface area (Å²) in [5, 5.41) is 6.78. The molecule has 0 saturated carbocycles. The highest BCUT2D eigenvalue weighted by Crippen LogP contribution is 2.25. The maximum atomic E-state index is 5.81. The maximum Gasteiger partial charge on any atom is 0.133 e. The highest BCUT2D eigenvalue weighted by Gasteiger charge is 2.29. The van der Waals surface area contributed by atoms with Gasteiger partial charge in [-0.05, 0) is 32.6 Å². The van der Waals surface area contributed by atoms with Crippen molar-refractivity contribution in [3.05, 3.63) is 11.9 Å². The fourth-order valence-electron chi connectivity index (χ4n) is 2.52. The molecular weight excluding hydrogens is 264 g/mol. The molecule has 0 aliphatic carbocycles. The quantitative estimate of drug-likeness (QED) is 0.770. The number of ether oxygens (including phenoxy) is 1. The second-order valence-electron chi connectivity index (χ2n) is 5.99. The molecule has 5 heteroatoms. The molecule has 2 N–H and O–H groups in total. The van der Waals surface area contributed by atoms with E-state index in [2.05, 4.69) is 41.4 Å². The van der Waals surface area contributed by atoms with Crippen molar-refractivity contribution in [3.63, 3.8) is 0 Å². The van der Waals surface area contributed by atoms with Gasteiger partial charge in [-0.25, -0.2) is 9.97 Å². The molecule has 5 nitrogen and oxygen atoms in total. The van der Waals surface area contributed by atoms with Crippen molar-refractivity contribution in [1.82, 2.24) is 9.97 Å². The lowest BCUT2D eigenvalue weighted by molar-refractivity contribution is 0.0314. The number of aromatic nitrogens is 2. The van der Waals surface area contributed by atoms with Gasteiger partial charge in [-0.3, -0.25) is 0 Å². The van der Waals surface area contributed by atoms with Gasteiger partial charge in [0.1, 0.15) is 17.5 Å². The van der Waals surface area contributed by atoms with Crippen molar-refractivity contribution in [2.75, 3.05) is 30.3 Å². The summed E-state index contributed by atoms with van der Waals surface area (Å²) >= 11 is 0. The van der Waals surface area contributed by atoms with Gasteiger partial charge in [-0.15, -0.1) is 0 Å². The van der Waals surface area contributed by atoms with E-state index < -0.39 is 0 Å². The van der Waals surface area contributed by atoms with Crippen LogP contribution >= 0.6 is 0 Å². The Kier molecular flexibility index (Phi) is 5.79. The first-order valence-corrected chi connectivity index (χ1v) is 8.15. The predicted molar refractivity (Wildman–Crippen MR) is 86.9 cm³/mol. The van der Waals surface area contributed by atoms with Crippen LogP contribution in [0.3, 0.4) is 0 Å². The Labute approximate surface area is 127 Å². The molecule has 2 rings (SSSR count). The molecule has 0 aromatic carbocycles. The van der Waals surface area contributed by atoms with Crippen LogP contribution in [0.4, 0.5) is 11.6 Å². The molecule has 0 radical (unpaired) electrons. The molecule has 1 aliphatic heterocycles. The van der Waals surface area contributed by atoms with Crippen LogP contribution in [0.5, 0.6) is 0 Å². The normalized spacial score (nSPS) is 21.5. The van der Waals surface area contributed by atoms with E-state index in [1.165, 1.54) is 0 Å². The molecule has 1 atom stereocenters. The number of hydrogen-bond donors (Lipinski definition) is 2. The minimum Gasteiger partial charge on any atom is -0.373 e. The molecule has 1 unspecified atom stereocenters. The molecule has 0 spiro atoms. The summed E-state index contributed by atoms with van der Waals surface area (Å²) in [4.78, 5) is 9.17. The molecule has 0 amide bonds. The van der Waals surface area contributed by atoms with Crippen LogP contribution in [0.2, 0.25) is 0 Å². The van der Waals surface area contributed by atoms with Gasteiger partial charge in [0.05, 0.1) is 5.60 Å². The lowest BCUT2D eigenvalue weighted by atomic mass is 10.0. The summed E-state index contributed by atoms with van der Waals surface area (Å²) in [6.07, 6.45) is 5.30. The molecule has 1 aromatic heterocycles. The van der Waals surface area contributed by atoms with Crippen LogP contribution in [0.25, 0.3) is 0 Å². The van der Waals surface area contributed by atoms with E-state index in [0.717, 1.165) is 69.3 Å². The summed E-state index contributed by atoms with van der Waals surface area (Å²) in [7, 11) is 0. The van der Waals surface area contributed by atoms with Gasteiger partial charge >= 0.3 is 0 Å². The Morgan fingerprint density at radius 3 is 2.57 bits per heavy atom. The molecule has 0 bridgehead atoms. The number of nitrogens with zero attached hydrogens (tertiary/aromatic N) is 2. The first-order valence-electron chi connectivity index (χ1n) is 8.15. The first-order chi connectivity index (χ1) is 10.1. The zero-order chi connectivity index (χ0) is 15.1. The Bertz CT molecular complexity index is 444. The minimum absolute atomic E-state index is 0.0626. The van der Waals surface area contributed by atoms with E-state index >= 15 is 0 Å². The van der Waals surface area contributed by atoms with Gasteiger partial charge in [0, 0.05) is 32.2 Å². The third kappa shape index (κ3) is 4.84. The second-order valence-corrected chi connectivity index (χ2v) is 5.99. The minimum atomic E-state index is -0.0626. The number of nitrogens with one attached hydrogen (secondary N) is 2. The van der Waals surface area contributed by atoms with Crippen molar-refractivity contribution < 1.29 is 4.74 Å². The van der Waals surface area contributed by atoms with Crippen molar-refractivity contribution in [3.8, 4) is 0 Å². The first kappa shape index (κ1) is 16.0. The fourth-order valence-corrected chi connectivity index (χ4v) is 2.52. The SMILES string of the molecule is CCCNc1cc(NCC2(C)CCCO2)nc(CCC)n1. The van der Waals surface area contributed by atoms with Crippen LogP contribution in [0, 0.1) is 0 Å². The number of aryl methyl sites for hydroxylation is 1. The van der Waals surface area contributed by atoms with Crippen molar-refractivity contribution >= 4 is 11.6 Å². The van der Waals surface area contributed by atoms with Crippen molar-refractivity contribution in [2.45, 2.75) is 58.5 Å². The summed E-state index contributed by atoms with van der Waals surface area (Å²) in [6.45, 7) is 9.06. The topological polar surface area (TPSA) is 59.1 Å². The van der Waals surface area contributed by atoms with E-state index in [1.54, 1.807) is 0 Å². The molecule has 21 heavy (non-hydrogen) atoms. The van der Waals surface area contributed by atoms with Crippen molar-refractivity contribution in [1.29, 1.82) is 0 Å².